The van der Waals surface area contributed by atoms with Crippen LogP contribution in [0.15, 0.2) is 71.1 Å². The Bertz CT molecular complexity index is 1030. The lowest BCUT2D eigenvalue weighted by Crippen LogP contribution is -2.38. The molecule has 3 rings (SSSR count). The molecule has 0 spiro atoms. The molecule has 0 radical (unpaired) electrons. The van der Waals surface area contributed by atoms with Crippen molar-refractivity contribution < 1.29 is 13.2 Å². The van der Waals surface area contributed by atoms with E-state index in [2.05, 4.69) is 39.1 Å². The van der Waals surface area contributed by atoms with Crippen LogP contribution < -0.4 is 10.0 Å². The first-order valence-electron chi connectivity index (χ1n) is 8.56. The molecule has 1 aliphatic rings. The number of fused-ring (bicyclic) bond motifs is 1. The Labute approximate surface area is 173 Å². The first-order valence-corrected chi connectivity index (χ1v) is 10.8. The summed E-state index contributed by atoms with van der Waals surface area (Å²) in [7, 11) is -3.72. The summed E-state index contributed by atoms with van der Waals surface area (Å²) in [5, 5.41) is 2.88. The average Bonchev–Trinajstić information content (AvgIpc) is 2.68. The second kappa shape index (κ2) is 8.20. The van der Waals surface area contributed by atoms with Crippen LogP contribution in [0.5, 0.6) is 0 Å². The molecule has 0 unspecified atom stereocenters. The standard InChI is InChI=1S/C20H20BrN3O3S/c1-3-14(2)28(26,27)23-19-7-4-15-10-11-24(13-16(15)12-19)20(25)22-18-8-5-17(21)6-9-18/h3-9,12,23H,1-2,10-11,13H2,(H,22,25). The van der Waals surface area contributed by atoms with Crippen molar-refractivity contribution in [3.63, 3.8) is 0 Å². The number of amides is 2. The Balaban J connectivity index is 1.73. The summed E-state index contributed by atoms with van der Waals surface area (Å²) in [6, 6.07) is 12.5. The quantitative estimate of drug-likeness (QED) is 0.644. The van der Waals surface area contributed by atoms with Crippen molar-refractivity contribution in [3.8, 4) is 0 Å². The van der Waals surface area contributed by atoms with Crippen LogP contribution in [-0.2, 0) is 23.0 Å². The highest BCUT2D eigenvalue weighted by Crippen LogP contribution is 2.25. The fourth-order valence-corrected chi connectivity index (χ4v) is 3.91. The molecular weight excluding hydrogens is 442 g/mol. The lowest BCUT2D eigenvalue weighted by atomic mass is 9.99. The van der Waals surface area contributed by atoms with E-state index in [1.807, 2.05) is 30.3 Å². The molecule has 2 aromatic carbocycles. The number of rotatable bonds is 5. The van der Waals surface area contributed by atoms with Gasteiger partial charge in [0.05, 0.1) is 4.91 Å². The van der Waals surface area contributed by atoms with Crippen LogP contribution in [0.1, 0.15) is 11.1 Å². The molecule has 28 heavy (non-hydrogen) atoms. The summed E-state index contributed by atoms with van der Waals surface area (Å²) < 4.78 is 27.7. The number of urea groups is 1. The van der Waals surface area contributed by atoms with Gasteiger partial charge >= 0.3 is 6.03 Å². The Kier molecular flexibility index (Phi) is 5.90. The number of hydrogen-bond donors (Lipinski definition) is 2. The van der Waals surface area contributed by atoms with Gasteiger partial charge in [-0.05, 0) is 60.0 Å². The number of halogens is 1. The van der Waals surface area contributed by atoms with Gasteiger partial charge in [0, 0.05) is 28.9 Å². The molecule has 0 aliphatic carbocycles. The van der Waals surface area contributed by atoms with Crippen LogP contribution in [0.3, 0.4) is 0 Å². The predicted octanol–water partition coefficient (Wildman–Crippen LogP) is 4.48. The number of nitrogens with one attached hydrogen (secondary N) is 2. The lowest BCUT2D eigenvalue weighted by molar-refractivity contribution is 0.206. The second-order valence-electron chi connectivity index (χ2n) is 6.37. The molecule has 146 valence electrons. The van der Waals surface area contributed by atoms with Crippen LogP contribution in [0.2, 0.25) is 0 Å². The fraction of sp³-hybridized carbons (Fsp3) is 0.150. The Morgan fingerprint density at radius 1 is 1.11 bits per heavy atom. The summed E-state index contributed by atoms with van der Waals surface area (Å²) >= 11 is 3.36. The number of benzene rings is 2. The van der Waals surface area contributed by atoms with E-state index in [9.17, 15) is 13.2 Å². The third-order valence-electron chi connectivity index (χ3n) is 4.43. The van der Waals surface area contributed by atoms with E-state index in [1.165, 1.54) is 6.08 Å². The van der Waals surface area contributed by atoms with Crippen molar-refractivity contribution in [3.05, 3.63) is 82.2 Å². The maximum atomic E-state index is 12.6. The number of hydrogen-bond acceptors (Lipinski definition) is 3. The van der Waals surface area contributed by atoms with Gasteiger partial charge in [-0.1, -0.05) is 35.2 Å². The first-order chi connectivity index (χ1) is 13.3. The molecule has 0 saturated carbocycles. The normalized spacial score (nSPS) is 13.4. The molecule has 2 aromatic rings. The molecule has 1 heterocycles. The molecule has 2 amide bonds. The van der Waals surface area contributed by atoms with E-state index in [4.69, 9.17) is 0 Å². The van der Waals surface area contributed by atoms with Crippen LogP contribution in [0.4, 0.5) is 16.2 Å². The second-order valence-corrected chi connectivity index (χ2v) is 9.02. The highest BCUT2D eigenvalue weighted by Gasteiger charge is 2.22. The smallest absolute Gasteiger partial charge is 0.320 e. The lowest BCUT2D eigenvalue weighted by Gasteiger charge is -2.29. The van der Waals surface area contributed by atoms with Gasteiger partial charge in [-0.3, -0.25) is 4.72 Å². The zero-order chi connectivity index (χ0) is 20.3. The topological polar surface area (TPSA) is 78.5 Å². The number of carbonyl (C=O) groups is 1. The van der Waals surface area contributed by atoms with E-state index in [0.717, 1.165) is 15.6 Å². The van der Waals surface area contributed by atoms with E-state index in [0.29, 0.717) is 30.9 Å². The molecule has 0 atom stereocenters. The molecule has 0 fully saturated rings. The number of nitrogens with zero attached hydrogens (tertiary/aromatic N) is 1. The van der Waals surface area contributed by atoms with Crippen molar-refractivity contribution in [2.75, 3.05) is 16.6 Å². The van der Waals surface area contributed by atoms with Gasteiger partial charge in [-0.15, -0.1) is 0 Å². The Morgan fingerprint density at radius 3 is 2.46 bits per heavy atom. The zero-order valence-corrected chi connectivity index (χ0v) is 17.5. The SMILES string of the molecule is C=CC(=C)S(=O)(=O)Nc1ccc2c(c1)CN(C(=O)Nc1ccc(Br)cc1)CC2. The van der Waals surface area contributed by atoms with Gasteiger partial charge < -0.3 is 10.2 Å². The van der Waals surface area contributed by atoms with Crippen molar-refractivity contribution in [2.24, 2.45) is 0 Å². The van der Waals surface area contributed by atoms with Gasteiger partial charge in [0.15, 0.2) is 0 Å². The van der Waals surface area contributed by atoms with E-state index >= 15 is 0 Å². The predicted molar refractivity (Wildman–Crippen MR) is 116 cm³/mol. The molecular formula is C20H20BrN3O3S. The summed E-state index contributed by atoms with van der Waals surface area (Å²) in [5.41, 5.74) is 3.14. The minimum atomic E-state index is -3.72. The van der Waals surface area contributed by atoms with Gasteiger partial charge in [0.25, 0.3) is 10.0 Å². The maximum absolute atomic E-state index is 12.6. The number of sulfonamides is 1. The molecule has 0 saturated heterocycles. The van der Waals surface area contributed by atoms with E-state index in [-0.39, 0.29) is 10.9 Å². The Hall–Kier alpha value is -2.58. The number of allylic oxidation sites excluding steroid dienone is 1. The third-order valence-corrected chi connectivity index (χ3v) is 6.32. The molecule has 0 bridgehead atoms. The molecule has 8 heteroatoms. The molecule has 0 aromatic heterocycles. The Morgan fingerprint density at radius 2 is 1.79 bits per heavy atom. The van der Waals surface area contributed by atoms with Gasteiger partial charge in [-0.25, -0.2) is 13.2 Å². The van der Waals surface area contributed by atoms with Crippen molar-refractivity contribution in [1.29, 1.82) is 0 Å². The van der Waals surface area contributed by atoms with Crippen LogP contribution in [0.25, 0.3) is 0 Å². The van der Waals surface area contributed by atoms with Crippen LogP contribution >= 0.6 is 15.9 Å². The molecule has 2 N–H and O–H groups in total. The van der Waals surface area contributed by atoms with Crippen molar-refractivity contribution >= 4 is 43.4 Å². The van der Waals surface area contributed by atoms with E-state index in [1.54, 1.807) is 17.0 Å². The van der Waals surface area contributed by atoms with E-state index < -0.39 is 10.0 Å². The monoisotopic (exact) mass is 461 g/mol. The summed E-state index contributed by atoms with van der Waals surface area (Å²) in [6.07, 6.45) is 1.89. The molecule has 1 aliphatic heterocycles. The minimum absolute atomic E-state index is 0.0966. The van der Waals surface area contributed by atoms with Gasteiger partial charge in [-0.2, -0.15) is 0 Å². The summed E-state index contributed by atoms with van der Waals surface area (Å²) in [5.74, 6) is 0. The van der Waals surface area contributed by atoms with Crippen LogP contribution in [0, 0.1) is 0 Å². The summed E-state index contributed by atoms with van der Waals surface area (Å²) in [6.45, 7) is 7.90. The van der Waals surface area contributed by atoms with Gasteiger partial charge in [0.1, 0.15) is 0 Å². The first kappa shape index (κ1) is 20.2. The summed E-state index contributed by atoms with van der Waals surface area (Å²) in [4.78, 5) is 14.2. The highest BCUT2D eigenvalue weighted by atomic mass is 79.9. The highest BCUT2D eigenvalue weighted by molar-refractivity contribution is 9.10. The van der Waals surface area contributed by atoms with Crippen molar-refractivity contribution in [2.45, 2.75) is 13.0 Å². The van der Waals surface area contributed by atoms with Crippen molar-refractivity contribution in [1.82, 2.24) is 4.90 Å². The largest absolute Gasteiger partial charge is 0.322 e. The average molecular weight is 462 g/mol. The maximum Gasteiger partial charge on any atom is 0.322 e. The van der Waals surface area contributed by atoms with Crippen LogP contribution in [-0.4, -0.2) is 25.9 Å². The minimum Gasteiger partial charge on any atom is -0.320 e. The third kappa shape index (κ3) is 4.63. The zero-order valence-electron chi connectivity index (χ0n) is 15.1. The number of anilines is 2. The molecule has 6 nitrogen and oxygen atoms in total. The fourth-order valence-electron chi connectivity index (χ4n) is 2.86. The van der Waals surface area contributed by atoms with Gasteiger partial charge in [0.2, 0.25) is 0 Å². The number of carbonyl (C=O) groups excluding carboxylic acids is 1.